The summed E-state index contributed by atoms with van der Waals surface area (Å²) in [6, 6.07) is 19.6. The number of phenols is 1. The monoisotopic (exact) mass is 278 g/mol. The number of nitrogens with two attached hydrogens (primary N) is 1. The molecule has 0 unspecified atom stereocenters. The molecule has 3 nitrogen and oxygen atoms in total. The summed E-state index contributed by atoms with van der Waals surface area (Å²) in [5.41, 5.74) is 9.00. The Kier molecular flexibility index (Phi) is 3.50. The molecule has 3 heteroatoms. The molecule has 0 saturated heterocycles. The first-order chi connectivity index (χ1) is 10.2. The quantitative estimate of drug-likeness (QED) is 0.766. The van der Waals surface area contributed by atoms with Crippen LogP contribution in [0.2, 0.25) is 0 Å². The Morgan fingerprint density at radius 3 is 2.43 bits per heavy atom. The van der Waals surface area contributed by atoms with E-state index in [2.05, 4.69) is 29.2 Å². The summed E-state index contributed by atoms with van der Waals surface area (Å²) >= 11 is 0. The zero-order chi connectivity index (χ0) is 14.8. The summed E-state index contributed by atoms with van der Waals surface area (Å²) in [6.45, 7) is 0.524. The normalized spacial score (nSPS) is 10.8. The van der Waals surface area contributed by atoms with Gasteiger partial charge in [0.15, 0.2) is 0 Å². The minimum absolute atomic E-state index is 0.266. The molecule has 0 aromatic heterocycles. The second kappa shape index (κ2) is 5.46. The van der Waals surface area contributed by atoms with Crippen molar-refractivity contribution in [2.75, 3.05) is 11.9 Å². The van der Waals surface area contributed by atoms with Gasteiger partial charge in [-0.05, 0) is 29.1 Å². The SMILES string of the molecule is CN(c1cccc(O)c1)c1ccc(CN)c2ccccc12. The largest absolute Gasteiger partial charge is 0.508 e. The van der Waals surface area contributed by atoms with Gasteiger partial charge in [0.2, 0.25) is 0 Å². The van der Waals surface area contributed by atoms with E-state index in [1.54, 1.807) is 12.1 Å². The fraction of sp³-hybridized carbons (Fsp3) is 0.111. The molecular weight excluding hydrogens is 260 g/mol. The van der Waals surface area contributed by atoms with Crippen LogP contribution < -0.4 is 10.6 Å². The molecule has 3 aromatic carbocycles. The molecule has 0 saturated carbocycles. The molecule has 0 radical (unpaired) electrons. The lowest BCUT2D eigenvalue weighted by molar-refractivity contribution is 0.475. The van der Waals surface area contributed by atoms with Gasteiger partial charge in [0.25, 0.3) is 0 Å². The minimum atomic E-state index is 0.266. The van der Waals surface area contributed by atoms with Crippen molar-refractivity contribution in [3.63, 3.8) is 0 Å². The third-order valence-corrected chi connectivity index (χ3v) is 3.79. The lowest BCUT2D eigenvalue weighted by atomic mass is 10.0. The Labute approximate surface area is 124 Å². The molecule has 0 amide bonds. The zero-order valence-corrected chi connectivity index (χ0v) is 12.0. The van der Waals surface area contributed by atoms with Crippen molar-refractivity contribution < 1.29 is 5.11 Å². The minimum Gasteiger partial charge on any atom is -0.508 e. The molecule has 3 rings (SSSR count). The van der Waals surface area contributed by atoms with E-state index < -0.39 is 0 Å². The number of hydrogen-bond donors (Lipinski definition) is 2. The summed E-state index contributed by atoms with van der Waals surface area (Å²) < 4.78 is 0. The van der Waals surface area contributed by atoms with Crippen molar-refractivity contribution >= 4 is 22.1 Å². The lowest BCUT2D eigenvalue weighted by Gasteiger charge is -2.22. The van der Waals surface area contributed by atoms with Gasteiger partial charge in [-0.25, -0.2) is 0 Å². The van der Waals surface area contributed by atoms with Crippen LogP contribution in [-0.2, 0) is 6.54 Å². The second-order valence-corrected chi connectivity index (χ2v) is 5.07. The van der Waals surface area contributed by atoms with E-state index in [1.165, 1.54) is 5.39 Å². The highest BCUT2D eigenvalue weighted by Gasteiger charge is 2.10. The topological polar surface area (TPSA) is 49.5 Å². The van der Waals surface area contributed by atoms with Crippen LogP contribution in [0.1, 0.15) is 5.56 Å². The smallest absolute Gasteiger partial charge is 0.117 e. The van der Waals surface area contributed by atoms with Gasteiger partial charge in [-0.2, -0.15) is 0 Å². The number of benzene rings is 3. The summed E-state index contributed by atoms with van der Waals surface area (Å²) in [7, 11) is 2.00. The molecule has 0 fully saturated rings. The lowest BCUT2D eigenvalue weighted by Crippen LogP contribution is -2.10. The maximum absolute atomic E-state index is 9.66. The Morgan fingerprint density at radius 1 is 0.952 bits per heavy atom. The molecule has 0 aliphatic carbocycles. The molecule has 3 N–H and O–H groups in total. The Hall–Kier alpha value is -2.52. The van der Waals surface area contributed by atoms with Crippen LogP contribution in [0.5, 0.6) is 5.75 Å². The first kappa shape index (κ1) is 13.5. The van der Waals surface area contributed by atoms with Gasteiger partial charge in [0.05, 0.1) is 0 Å². The Bertz CT molecular complexity index is 783. The zero-order valence-electron chi connectivity index (χ0n) is 12.0. The van der Waals surface area contributed by atoms with Gasteiger partial charge in [0.1, 0.15) is 5.75 Å². The van der Waals surface area contributed by atoms with Crippen molar-refractivity contribution in [2.24, 2.45) is 5.73 Å². The van der Waals surface area contributed by atoms with E-state index in [1.807, 2.05) is 31.3 Å². The third kappa shape index (κ3) is 2.43. The predicted octanol–water partition coefficient (Wildman–Crippen LogP) is 3.77. The molecule has 0 aliphatic rings. The maximum atomic E-state index is 9.66. The summed E-state index contributed by atoms with van der Waals surface area (Å²) in [5.74, 6) is 0.266. The van der Waals surface area contributed by atoms with Crippen molar-refractivity contribution in [1.82, 2.24) is 0 Å². The average molecular weight is 278 g/mol. The highest BCUT2D eigenvalue weighted by Crippen LogP contribution is 2.33. The van der Waals surface area contributed by atoms with Crippen molar-refractivity contribution in [2.45, 2.75) is 6.54 Å². The van der Waals surface area contributed by atoms with E-state index in [0.717, 1.165) is 22.3 Å². The standard InChI is InChI=1S/C18H18N2O/c1-20(14-5-4-6-15(21)11-14)18-10-9-13(12-19)16-7-2-3-8-17(16)18/h2-11,21H,12,19H2,1H3. The van der Waals surface area contributed by atoms with Gasteiger partial charge < -0.3 is 15.7 Å². The first-order valence-corrected chi connectivity index (χ1v) is 6.94. The molecule has 0 aliphatic heterocycles. The molecule has 0 atom stereocenters. The van der Waals surface area contributed by atoms with Crippen LogP contribution in [0.3, 0.4) is 0 Å². The molecule has 0 spiro atoms. The fourth-order valence-electron chi connectivity index (χ4n) is 2.66. The highest BCUT2D eigenvalue weighted by molar-refractivity contribution is 5.98. The first-order valence-electron chi connectivity index (χ1n) is 6.94. The van der Waals surface area contributed by atoms with Gasteiger partial charge in [-0.15, -0.1) is 0 Å². The predicted molar refractivity (Wildman–Crippen MR) is 88.0 cm³/mol. The van der Waals surface area contributed by atoms with Crippen LogP contribution in [0.4, 0.5) is 11.4 Å². The highest BCUT2D eigenvalue weighted by atomic mass is 16.3. The van der Waals surface area contributed by atoms with Crippen molar-refractivity contribution in [3.05, 3.63) is 66.2 Å². The Morgan fingerprint density at radius 2 is 1.71 bits per heavy atom. The number of nitrogens with zero attached hydrogens (tertiary/aromatic N) is 1. The van der Waals surface area contributed by atoms with Crippen LogP contribution in [-0.4, -0.2) is 12.2 Å². The molecule has 3 aromatic rings. The van der Waals surface area contributed by atoms with Crippen LogP contribution >= 0.6 is 0 Å². The van der Waals surface area contributed by atoms with Crippen LogP contribution in [0.15, 0.2) is 60.7 Å². The maximum Gasteiger partial charge on any atom is 0.117 e. The van der Waals surface area contributed by atoms with E-state index in [0.29, 0.717) is 6.54 Å². The van der Waals surface area contributed by atoms with Gasteiger partial charge in [-0.3, -0.25) is 0 Å². The summed E-state index contributed by atoms with van der Waals surface area (Å²) in [4.78, 5) is 2.07. The second-order valence-electron chi connectivity index (χ2n) is 5.07. The molecular formula is C18H18N2O. The van der Waals surface area contributed by atoms with E-state index >= 15 is 0 Å². The van der Waals surface area contributed by atoms with Crippen molar-refractivity contribution in [1.29, 1.82) is 0 Å². The van der Waals surface area contributed by atoms with Crippen LogP contribution in [0.25, 0.3) is 10.8 Å². The Balaban J connectivity index is 2.17. The number of anilines is 2. The number of aromatic hydroxyl groups is 1. The molecule has 21 heavy (non-hydrogen) atoms. The number of phenolic OH excluding ortho intramolecular Hbond substituents is 1. The van der Waals surface area contributed by atoms with Crippen molar-refractivity contribution in [3.8, 4) is 5.75 Å². The third-order valence-electron chi connectivity index (χ3n) is 3.79. The summed E-state index contributed by atoms with van der Waals surface area (Å²) in [6.07, 6.45) is 0. The van der Waals surface area contributed by atoms with E-state index in [-0.39, 0.29) is 5.75 Å². The van der Waals surface area contributed by atoms with Gasteiger partial charge in [-0.1, -0.05) is 36.4 Å². The summed E-state index contributed by atoms with van der Waals surface area (Å²) in [5, 5.41) is 12.0. The molecule has 0 heterocycles. The number of hydrogen-bond acceptors (Lipinski definition) is 3. The van der Waals surface area contributed by atoms with E-state index in [9.17, 15) is 5.11 Å². The van der Waals surface area contributed by atoms with Gasteiger partial charge in [0, 0.05) is 36.4 Å². The number of fused-ring (bicyclic) bond motifs is 1. The molecule has 106 valence electrons. The van der Waals surface area contributed by atoms with E-state index in [4.69, 9.17) is 5.73 Å². The fourth-order valence-corrected chi connectivity index (χ4v) is 2.66. The van der Waals surface area contributed by atoms with Crippen LogP contribution in [0, 0.1) is 0 Å². The van der Waals surface area contributed by atoms with Gasteiger partial charge >= 0.3 is 0 Å². The number of rotatable bonds is 3. The average Bonchev–Trinajstić information content (AvgIpc) is 2.53. The molecule has 0 bridgehead atoms.